The van der Waals surface area contributed by atoms with Gasteiger partial charge in [-0.15, -0.1) is 0 Å². The van der Waals surface area contributed by atoms with Gasteiger partial charge in [0.05, 0.1) is 12.0 Å². The average molecular weight is 233 g/mol. The maximum absolute atomic E-state index is 5.27. The summed E-state index contributed by atoms with van der Waals surface area (Å²) in [6.07, 6.45) is 10.8. The van der Waals surface area contributed by atoms with Crippen molar-refractivity contribution in [3.63, 3.8) is 0 Å². The third-order valence-electron chi connectivity index (χ3n) is 1.21. The molecule has 0 unspecified atom stereocenters. The van der Waals surface area contributed by atoms with E-state index in [0.29, 0.717) is 0 Å². The normalized spacial score (nSPS) is 16.9. The first-order valence-electron chi connectivity index (χ1n) is 3.26. The SMILES string of the molecule is CSOC1=CC=C(Br)C=CC1. The molecule has 1 aliphatic rings. The highest BCUT2D eigenvalue weighted by Gasteiger charge is 1.97. The standard InChI is InChI=1S/C8H9BrOS/c1-11-10-8-4-2-3-7(9)5-6-8/h2-3,5-6H,4H2,1H3. The lowest BCUT2D eigenvalue weighted by Gasteiger charge is -2.00. The van der Waals surface area contributed by atoms with Gasteiger partial charge in [0, 0.05) is 17.2 Å². The summed E-state index contributed by atoms with van der Waals surface area (Å²) < 4.78 is 6.35. The summed E-state index contributed by atoms with van der Waals surface area (Å²) in [4.78, 5) is 0. The lowest BCUT2D eigenvalue weighted by atomic mass is 10.3. The van der Waals surface area contributed by atoms with Crippen molar-refractivity contribution >= 4 is 28.0 Å². The van der Waals surface area contributed by atoms with Gasteiger partial charge in [0.1, 0.15) is 5.76 Å². The van der Waals surface area contributed by atoms with Gasteiger partial charge >= 0.3 is 0 Å². The van der Waals surface area contributed by atoms with E-state index in [2.05, 4.69) is 22.0 Å². The van der Waals surface area contributed by atoms with Crippen molar-refractivity contribution in [1.29, 1.82) is 0 Å². The fraction of sp³-hybridized carbons (Fsp3) is 0.250. The molecule has 3 heteroatoms. The Morgan fingerprint density at radius 1 is 1.55 bits per heavy atom. The first-order chi connectivity index (χ1) is 5.33. The quantitative estimate of drug-likeness (QED) is 0.676. The van der Waals surface area contributed by atoms with Crippen molar-refractivity contribution < 1.29 is 4.18 Å². The molecule has 11 heavy (non-hydrogen) atoms. The molecule has 0 fully saturated rings. The minimum Gasteiger partial charge on any atom is -0.430 e. The first kappa shape index (κ1) is 8.94. The van der Waals surface area contributed by atoms with Gasteiger partial charge in [-0.1, -0.05) is 28.1 Å². The maximum atomic E-state index is 5.27. The molecule has 60 valence electrons. The van der Waals surface area contributed by atoms with Crippen molar-refractivity contribution in [1.82, 2.24) is 0 Å². The summed E-state index contributed by atoms with van der Waals surface area (Å²) >= 11 is 4.76. The van der Waals surface area contributed by atoms with Crippen LogP contribution in [0.5, 0.6) is 0 Å². The van der Waals surface area contributed by atoms with Crippen LogP contribution in [-0.2, 0) is 4.18 Å². The highest BCUT2D eigenvalue weighted by atomic mass is 79.9. The highest BCUT2D eigenvalue weighted by Crippen LogP contribution is 2.18. The van der Waals surface area contributed by atoms with E-state index in [9.17, 15) is 0 Å². The number of rotatable bonds is 2. The molecule has 0 atom stereocenters. The van der Waals surface area contributed by atoms with Gasteiger partial charge in [0.25, 0.3) is 0 Å². The summed E-state index contributed by atoms with van der Waals surface area (Å²) in [6, 6.07) is 0. The molecule has 1 rings (SSSR count). The van der Waals surface area contributed by atoms with Crippen LogP contribution in [0.3, 0.4) is 0 Å². The molecule has 0 aliphatic heterocycles. The van der Waals surface area contributed by atoms with E-state index in [4.69, 9.17) is 4.18 Å². The third kappa shape index (κ3) is 3.16. The zero-order valence-electron chi connectivity index (χ0n) is 6.21. The minimum atomic E-state index is 0.867. The molecule has 0 aromatic rings. The van der Waals surface area contributed by atoms with Crippen LogP contribution in [0.4, 0.5) is 0 Å². The predicted molar refractivity (Wildman–Crippen MR) is 53.5 cm³/mol. The van der Waals surface area contributed by atoms with E-state index in [-0.39, 0.29) is 0 Å². The molecular weight excluding hydrogens is 224 g/mol. The summed E-state index contributed by atoms with van der Waals surface area (Å²) in [5.41, 5.74) is 0. The molecule has 0 saturated heterocycles. The topological polar surface area (TPSA) is 9.23 Å². The largest absolute Gasteiger partial charge is 0.430 e. The second-order valence-corrected chi connectivity index (χ2v) is 3.46. The van der Waals surface area contributed by atoms with E-state index < -0.39 is 0 Å². The van der Waals surface area contributed by atoms with Crippen LogP contribution in [0.2, 0.25) is 0 Å². The van der Waals surface area contributed by atoms with Gasteiger partial charge in [-0.3, -0.25) is 0 Å². The Balaban J connectivity index is 2.62. The Bertz CT molecular complexity index is 218. The molecule has 0 heterocycles. The Morgan fingerprint density at radius 2 is 2.36 bits per heavy atom. The molecule has 0 bridgehead atoms. The van der Waals surface area contributed by atoms with Crippen molar-refractivity contribution in [2.45, 2.75) is 6.42 Å². The van der Waals surface area contributed by atoms with E-state index in [1.165, 1.54) is 12.0 Å². The molecule has 0 spiro atoms. The van der Waals surface area contributed by atoms with Crippen molar-refractivity contribution in [3.8, 4) is 0 Å². The van der Waals surface area contributed by atoms with Gasteiger partial charge in [-0.05, 0) is 12.2 Å². The number of halogens is 1. The summed E-state index contributed by atoms with van der Waals surface area (Å²) in [5, 5.41) is 0. The predicted octanol–water partition coefficient (Wildman–Crippen LogP) is 3.40. The van der Waals surface area contributed by atoms with Crippen LogP contribution >= 0.6 is 28.0 Å². The van der Waals surface area contributed by atoms with Crippen LogP contribution in [0.25, 0.3) is 0 Å². The number of allylic oxidation sites excluding steroid dienone is 5. The zero-order chi connectivity index (χ0) is 8.10. The Hall–Kier alpha value is -0.150. The molecule has 0 saturated carbocycles. The number of hydrogen-bond acceptors (Lipinski definition) is 2. The molecule has 0 amide bonds. The van der Waals surface area contributed by atoms with Crippen LogP contribution in [-0.4, -0.2) is 6.26 Å². The van der Waals surface area contributed by atoms with Crippen LogP contribution in [0.1, 0.15) is 6.42 Å². The molecule has 0 N–H and O–H groups in total. The van der Waals surface area contributed by atoms with Gasteiger partial charge in [-0.25, -0.2) is 0 Å². The molecular formula is C8H9BrOS. The van der Waals surface area contributed by atoms with Gasteiger partial charge in [0.15, 0.2) is 0 Å². The Kier molecular flexibility index (Phi) is 3.80. The smallest absolute Gasteiger partial charge is 0.118 e. The maximum Gasteiger partial charge on any atom is 0.118 e. The van der Waals surface area contributed by atoms with Crippen LogP contribution in [0, 0.1) is 0 Å². The fourth-order valence-electron chi connectivity index (χ4n) is 0.753. The van der Waals surface area contributed by atoms with Crippen LogP contribution in [0.15, 0.2) is 34.5 Å². The van der Waals surface area contributed by atoms with Crippen LogP contribution < -0.4 is 0 Å². The second-order valence-electron chi connectivity index (χ2n) is 2.04. The van der Waals surface area contributed by atoms with Crippen molar-refractivity contribution in [2.24, 2.45) is 0 Å². The molecule has 0 aromatic heterocycles. The van der Waals surface area contributed by atoms with E-state index in [1.807, 2.05) is 24.5 Å². The van der Waals surface area contributed by atoms with Gasteiger partial charge in [0.2, 0.25) is 0 Å². The summed E-state index contributed by atoms with van der Waals surface area (Å²) in [7, 11) is 0. The third-order valence-corrected chi connectivity index (χ3v) is 2.12. The lowest BCUT2D eigenvalue weighted by molar-refractivity contribution is 0.489. The average Bonchev–Trinajstić information content (AvgIpc) is 2.17. The monoisotopic (exact) mass is 232 g/mol. The van der Waals surface area contributed by atoms with E-state index in [0.717, 1.165) is 16.7 Å². The van der Waals surface area contributed by atoms with Crippen molar-refractivity contribution in [3.05, 3.63) is 34.5 Å². The highest BCUT2D eigenvalue weighted by molar-refractivity contribution is 9.11. The zero-order valence-corrected chi connectivity index (χ0v) is 8.61. The summed E-state index contributed by atoms with van der Waals surface area (Å²) in [5.74, 6) is 0.989. The van der Waals surface area contributed by atoms with Gasteiger partial charge < -0.3 is 4.18 Å². The van der Waals surface area contributed by atoms with Gasteiger partial charge in [-0.2, -0.15) is 0 Å². The number of hydrogen-bond donors (Lipinski definition) is 0. The lowest BCUT2D eigenvalue weighted by Crippen LogP contribution is -1.79. The molecule has 1 nitrogen and oxygen atoms in total. The van der Waals surface area contributed by atoms with E-state index in [1.54, 1.807) is 0 Å². The minimum absolute atomic E-state index is 0.867. The summed E-state index contributed by atoms with van der Waals surface area (Å²) in [6.45, 7) is 0. The second kappa shape index (κ2) is 4.67. The van der Waals surface area contributed by atoms with E-state index >= 15 is 0 Å². The first-order valence-corrected chi connectivity index (χ1v) is 5.21. The fourth-order valence-corrected chi connectivity index (χ4v) is 1.41. The molecule has 1 aliphatic carbocycles. The van der Waals surface area contributed by atoms with Crippen molar-refractivity contribution in [2.75, 3.05) is 6.26 Å². The Morgan fingerprint density at radius 3 is 3.09 bits per heavy atom. The molecule has 0 radical (unpaired) electrons. The molecule has 0 aromatic carbocycles. The Labute approximate surface area is 79.5 Å².